The van der Waals surface area contributed by atoms with Crippen LogP contribution >= 0.6 is 11.6 Å². The highest BCUT2D eigenvalue weighted by Gasteiger charge is 2.30. The van der Waals surface area contributed by atoms with E-state index >= 15 is 0 Å². The maximum atomic E-state index is 12.2. The van der Waals surface area contributed by atoms with Gasteiger partial charge in [0.1, 0.15) is 10.9 Å². The molecular weight excluding hydrogens is 353 g/mol. The van der Waals surface area contributed by atoms with Crippen LogP contribution in [0.1, 0.15) is 18.1 Å². The molecule has 1 unspecified atom stereocenters. The summed E-state index contributed by atoms with van der Waals surface area (Å²) in [5.74, 6) is 0.149. The zero-order valence-electron chi connectivity index (χ0n) is 14.1. The first-order valence-electron chi connectivity index (χ1n) is 7.85. The lowest BCUT2D eigenvalue weighted by molar-refractivity contribution is -0.274. The zero-order valence-corrected chi connectivity index (χ0v) is 14.8. The highest BCUT2D eigenvalue weighted by Crippen LogP contribution is 2.23. The van der Waals surface area contributed by atoms with Gasteiger partial charge in [0, 0.05) is 19.3 Å². The van der Waals surface area contributed by atoms with E-state index in [0.717, 1.165) is 30.6 Å². The summed E-state index contributed by atoms with van der Waals surface area (Å²) in [7, 11) is 2.02. The summed E-state index contributed by atoms with van der Waals surface area (Å²) in [6.07, 6.45) is -2.13. The molecule has 3 nitrogen and oxygen atoms in total. The lowest BCUT2D eigenvalue weighted by atomic mass is 10.0. The smallest absolute Gasteiger partial charge is 0.406 e. The lowest BCUT2D eigenvalue weighted by Crippen LogP contribution is -2.25. The molecule has 1 atom stereocenters. The van der Waals surface area contributed by atoms with Gasteiger partial charge in [0.05, 0.1) is 0 Å². The minimum atomic E-state index is -4.66. The van der Waals surface area contributed by atoms with Gasteiger partial charge in [0.25, 0.3) is 0 Å². The first-order valence-corrected chi connectivity index (χ1v) is 8.23. The Bertz CT molecular complexity index is 660. The van der Waals surface area contributed by atoms with Crippen molar-refractivity contribution < 1.29 is 17.9 Å². The van der Waals surface area contributed by atoms with Crippen LogP contribution in [0.15, 0.2) is 42.6 Å². The van der Waals surface area contributed by atoms with E-state index in [1.165, 1.54) is 12.1 Å². The standard InChI is InChI=1S/C18H20ClF3N2O/c1-13(11-24(2)12-15-5-8-17(19)23-10-15)9-14-3-6-16(7-4-14)25-18(20,21)22/h3-8,10,13H,9,11-12H2,1-2H3. The van der Waals surface area contributed by atoms with E-state index in [0.29, 0.717) is 11.1 Å². The molecule has 0 amide bonds. The van der Waals surface area contributed by atoms with Gasteiger partial charge in [-0.3, -0.25) is 0 Å². The van der Waals surface area contributed by atoms with Crippen molar-refractivity contribution in [2.45, 2.75) is 26.3 Å². The normalized spacial score (nSPS) is 13.1. The Kier molecular flexibility index (Phi) is 6.67. The molecule has 0 bridgehead atoms. The Balaban J connectivity index is 1.82. The Morgan fingerprint density at radius 1 is 1.12 bits per heavy atom. The molecule has 0 N–H and O–H groups in total. The van der Waals surface area contributed by atoms with Gasteiger partial charge < -0.3 is 9.64 Å². The van der Waals surface area contributed by atoms with Gasteiger partial charge >= 0.3 is 6.36 Å². The Morgan fingerprint density at radius 3 is 2.32 bits per heavy atom. The molecule has 0 saturated carbocycles. The number of nitrogens with zero attached hydrogens (tertiary/aromatic N) is 2. The molecule has 0 saturated heterocycles. The van der Waals surface area contributed by atoms with Crippen LogP contribution in [0.5, 0.6) is 5.75 Å². The highest BCUT2D eigenvalue weighted by molar-refractivity contribution is 6.29. The third-order valence-electron chi connectivity index (χ3n) is 3.61. The summed E-state index contributed by atoms with van der Waals surface area (Å²) < 4.78 is 40.3. The molecule has 2 rings (SSSR count). The zero-order chi connectivity index (χ0) is 18.4. The van der Waals surface area contributed by atoms with E-state index in [1.54, 1.807) is 24.4 Å². The number of hydrogen-bond donors (Lipinski definition) is 0. The van der Waals surface area contributed by atoms with Crippen LogP contribution in [0.2, 0.25) is 5.15 Å². The summed E-state index contributed by atoms with van der Waals surface area (Å²) in [6, 6.07) is 9.73. The largest absolute Gasteiger partial charge is 0.573 e. The molecule has 0 fully saturated rings. The Morgan fingerprint density at radius 2 is 1.76 bits per heavy atom. The third kappa shape index (κ3) is 7.32. The second-order valence-electron chi connectivity index (χ2n) is 6.19. The van der Waals surface area contributed by atoms with Crippen molar-refractivity contribution >= 4 is 11.6 Å². The van der Waals surface area contributed by atoms with Crippen molar-refractivity contribution in [3.8, 4) is 5.75 Å². The SMILES string of the molecule is CC(Cc1ccc(OC(F)(F)F)cc1)CN(C)Cc1ccc(Cl)nc1. The van der Waals surface area contributed by atoms with Crippen LogP contribution in [0.25, 0.3) is 0 Å². The summed E-state index contributed by atoms with van der Waals surface area (Å²) >= 11 is 5.77. The monoisotopic (exact) mass is 372 g/mol. The first kappa shape index (κ1) is 19.5. The molecule has 0 spiro atoms. The van der Waals surface area contributed by atoms with E-state index in [1.807, 2.05) is 13.1 Å². The number of hydrogen-bond acceptors (Lipinski definition) is 3. The van der Waals surface area contributed by atoms with Crippen molar-refractivity contribution in [1.82, 2.24) is 9.88 Å². The fourth-order valence-electron chi connectivity index (χ4n) is 2.70. The van der Waals surface area contributed by atoms with Crippen molar-refractivity contribution in [3.05, 3.63) is 58.9 Å². The molecule has 0 radical (unpaired) electrons. The topological polar surface area (TPSA) is 25.4 Å². The molecule has 1 aromatic heterocycles. The van der Waals surface area contributed by atoms with Gasteiger partial charge in [0.2, 0.25) is 0 Å². The number of alkyl halides is 3. The minimum Gasteiger partial charge on any atom is -0.406 e. The van der Waals surface area contributed by atoms with E-state index in [4.69, 9.17) is 11.6 Å². The molecular formula is C18H20ClF3N2O. The summed E-state index contributed by atoms with van der Waals surface area (Å²) in [4.78, 5) is 6.24. The van der Waals surface area contributed by atoms with Gasteiger partial charge in [0.15, 0.2) is 0 Å². The van der Waals surface area contributed by atoms with E-state index in [-0.39, 0.29) is 5.75 Å². The van der Waals surface area contributed by atoms with Crippen LogP contribution in [0, 0.1) is 5.92 Å². The maximum Gasteiger partial charge on any atom is 0.573 e. The molecule has 136 valence electrons. The Hall–Kier alpha value is -1.79. The van der Waals surface area contributed by atoms with Gasteiger partial charge in [-0.15, -0.1) is 13.2 Å². The average Bonchev–Trinajstić information content (AvgIpc) is 2.50. The first-order chi connectivity index (χ1) is 11.7. The van der Waals surface area contributed by atoms with E-state index in [9.17, 15) is 13.2 Å². The summed E-state index contributed by atoms with van der Waals surface area (Å²) in [5, 5.41) is 0.470. The average molecular weight is 373 g/mol. The molecule has 1 aromatic carbocycles. The van der Waals surface area contributed by atoms with Gasteiger partial charge in [-0.1, -0.05) is 36.7 Å². The Labute approximate surface area is 150 Å². The van der Waals surface area contributed by atoms with Crippen molar-refractivity contribution in [2.24, 2.45) is 5.92 Å². The highest BCUT2D eigenvalue weighted by atomic mass is 35.5. The quantitative estimate of drug-likeness (QED) is 0.643. The number of benzene rings is 1. The van der Waals surface area contributed by atoms with Crippen molar-refractivity contribution in [2.75, 3.05) is 13.6 Å². The fourth-order valence-corrected chi connectivity index (χ4v) is 2.81. The van der Waals surface area contributed by atoms with Crippen molar-refractivity contribution in [3.63, 3.8) is 0 Å². The van der Waals surface area contributed by atoms with Crippen LogP contribution in [-0.2, 0) is 13.0 Å². The van der Waals surface area contributed by atoms with E-state index in [2.05, 4.69) is 21.5 Å². The van der Waals surface area contributed by atoms with Crippen LogP contribution < -0.4 is 4.74 Å². The maximum absolute atomic E-state index is 12.2. The third-order valence-corrected chi connectivity index (χ3v) is 3.83. The van der Waals surface area contributed by atoms with Crippen LogP contribution in [-0.4, -0.2) is 29.8 Å². The van der Waals surface area contributed by atoms with Gasteiger partial charge in [-0.25, -0.2) is 4.98 Å². The predicted octanol–water partition coefficient (Wildman–Crippen LogP) is 4.94. The summed E-state index contributed by atoms with van der Waals surface area (Å²) in [5.41, 5.74) is 2.05. The number of aromatic nitrogens is 1. The molecule has 2 aromatic rings. The lowest BCUT2D eigenvalue weighted by Gasteiger charge is -2.21. The van der Waals surface area contributed by atoms with Crippen molar-refractivity contribution in [1.29, 1.82) is 0 Å². The van der Waals surface area contributed by atoms with Crippen LogP contribution in [0.4, 0.5) is 13.2 Å². The van der Waals surface area contributed by atoms with Gasteiger partial charge in [-0.2, -0.15) is 0 Å². The molecule has 1 heterocycles. The predicted molar refractivity (Wildman–Crippen MR) is 91.6 cm³/mol. The molecule has 7 heteroatoms. The second-order valence-corrected chi connectivity index (χ2v) is 6.57. The number of rotatable bonds is 7. The van der Waals surface area contributed by atoms with Gasteiger partial charge in [-0.05, 0) is 48.7 Å². The minimum absolute atomic E-state index is 0.198. The summed E-state index contributed by atoms with van der Waals surface area (Å²) in [6.45, 7) is 3.72. The fraction of sp³-hybridized carbons (Fsp3) is 0.389. The van der Waals surface area contributed by atoms with E-state index < -0.39 is 6.36 Å². The second kappa shape index (κ2) is 8.54. The van der Waals surface area contributed by atoms with Crippen LogP contribution in [0.3, 0.4) is 0 Å². The number of ether oxygens (including phenoxy) is 1. The number of pyridine rings is 1. The molecule has 0 aliphatic rings. The molecule has 0 aliphatic heterocycles. The molecule has 25 heavy (non-hydrogen) atoms. The molecule has 0 aliphatic carbocycles. The number of halogens is 4.